The Labute approximate surface area is 120 Å². The van der Waals surface area contributed by atoms with Gasteiger partial charge in [0, 0.05) is 0 Å². The van der Waals surface area contributed by atoms with Crippen LogP contribution in [0.2, 0.25) is 0 Å². The fraction of sp³-hybridized carbons (Fsp3) is 0.750. The molecule has 0 spiro atoms. The second kappa shape index (κ2) is 6.91. The van der Waals surface area contributed by atoms with Gasteiger partial charge in [-0.15, -0.1) is 0 Å². The van der Waals surface area contributed by atoms with Gasteiger partial charge in [0.2, 0.25) is 0 Å². The van der Waals surface area contributed by atoms with Gasteiger partial charge in [0.25, 0.3) is 0 Å². The van der Waals surface area contributed by atoms with E-state index < -0.39 is 17.4 Å². The van der Waals surface area contributed by atoms with Crippen molar-refractivity contribution in [3.05, 3.63) is 11.6 Å². The van der Waals surface area contributed by atoms with Crippen molar-refractivity contribution in [1.82, 2.24) is 0 Å². The van der Waals surface area contributed by atoms with Crippen LogP contribution in [0.3, 0.4) is 0 Å². The van der Waals surface area contributed by atoms with Gasteiger partial charge in [-0.1, -0.05) is 44.8 Å². The lowest BCUT2D eigenvalue weighted by molar-refractivity contribution is -0.164. The smallest absolute Gasteiger partial charge is 0.321 e. The molecule has 2 atom stereocenters. The second-order valence-electron chi connectivity index (χ2n) is 6.07. The molecule has 0 saturated heterocycles. The van der Waals surface area contributed by atoms with Gasteiger partial charge in [-0.2, -0.15) is 0 Å². The zero-order valence-electron chi connectivity index (χ0n) is 12.7. The van der Waals surface area contributed by atoms with Gasteiger partial charge in [0.15, 0.2) is 5.41 Å². The predicted molar refractivity (Wildman–Crippen MR) is 77.5 cm³/mol. The Balaban J connectivity index is 2.87. The molecule has 1 aliphatic rings. The highest BCUT2D eigenvalue weighted by molar-refractivity contribution is 5.98. The molecule has 0 heterocycles. The minimum atomic E-state index is -1.68. The van der Waals surface area contributed by atoms with Gasteiger partial charge < -0.3 is 10.2 Å². The molecule has 0 bridgehead atoms. The number of carboxylic acid groups (broad SMARTS) is 2. The minimum absolute atomic E-state index is 0.0726. The van der Waals surface area contributed by atoms with Gasteiger partial charge in [-0.3, -0.25) is 9.59 Å². The summed E-state index contributed by atoms with van der Waals surface area (Å²) in [6, 6.07) is 0. The average molecular weight is 282 g/mol. The first-order valence-electron chi connectivity index (χ1n) is 7.48. The van der Waals surface area contributed by atoms with Crippen LogP contribution in [-0.2, 0) is 9.59 Å². The molecule has 2 N–H and O–H groups in total. The van der Waals surface area contributed by atoms with Crippen LogP contribution in [0.15, 0.2) is 11.6 Å². The van der Waals surface area contributed by atoms with E-state index in [1.807, 2.05) is 13.0 Å². The molecule has 4 nitrogen and oxygen atoms in total. The molecule has 1 fully saturated rings. The van der Waals surface area contributed by atoms with Gasteiger partial charge >= 0.3 is 11.9 Å². The van der Waals surface area contributed by atoms with E-state index in [9.17, 15) is 19.8 Å². The van der Waals surface area contributed by atoms with Gasteiger partial charge in [-0.25, -0.2) is 0 Å². The number of carboxylic acids is 2. The lowest BCUT2D eigenvalue weighted by atomic mass is 9.75. The molecule has 114 valence electrons. The zero-order chi connectivity index (χ0) is 15.3. The topological polar surface area (TPSA) is 74.6 Å². The number of hydrogen-bond acceptors (Lipinski definition) is 2. The molecule has 2 unspecified atom stereocenters. The van der Waals surface area contributed by atoms with Crippen LogP contribution >= 0.6 is 0 Å². The highest BCUT2D eigenvalue weighted by Crippen LogP contribution is 2.36. The van der Waals surface area contributed by atoms with E-state index in [-0.39, 0.29) is 12.8 Å². The number of aliphatic carboxylic acids is 2. The molecular weight excluding hydrogens is 256 g/mol. The Hall–Kier alpha value is -1.32. The van der Waals surface area contributed by atoms with E-state index in [0.717, 1.165) is 12.0 Å². The number of allylic oxidation sites excluding steroid dienone is 2. The summed E-state index contributed by atoms with van der Waals surface area (Å²) in [5.41, 5.74) is -0.531. The molecule has 0 amide bonds. The van der Waals surface area contributed by atoms with Crippen molar-refractivity contribution in [3.63, 3.8) is 0 Å². The Morgan fingerprint density at radius 1 is 1.20 bits per heavy atom. The standard InChI is InChI=1S/C16H26O4/c1-4-16(14(17)18,15(19)20)10-9-12(3)13-8-6-5-7-11(13)2/h9,11,13H,4-8,10H2,1-3H3,(H,17,18)(H,19,20). The van der Waals surface area contributed by atoms with Crippen LogP contribution in [0, 0.1) is 17.3 Å². The lowest BCUT2D eigenvalue weighted by Crippen LogP contribution is -2.38. The van der Waals surface area contributed by atoms with Gasteiger partial charge in [0.05, 0.1) is 0 Å². The first kappa shape index (κ1) is 16.7. The van der Waals surface area contributed by atoms with Crippen LogP contribution in [0.4, 0.5) is 0 Å². The summed E-state index contributed by atoms with van der Waals surface area (Å²) >= 11 is 0. The van der Waals surface area contributed by atoms with Crippen molar-refractivity contribution in [2.24, 2.45) is 17.3 Å². The molecule has 1 aliphatic carbocycles. The first-order chi connectivity index (χ1) is 9.35. The largest absolute Gasteiger partial charge is 0.480 e. The van der Waals surface area contributed by atoms with E-state index in [2.05, 4.69) is 6.92 Å². The molecule has 4 heteroatoms. The van der Waals surface area contributed by atoms with Crippen LogP contribution < -0.4 is 0 Å². The number of hydrogen-bond donors (Lipinski definition) is 2. The average Bonchev–Trinajstić information content (AvgIpc) is 2.39. The Kier molecular flexibility index (Phi) is 5.78. The summed E-state index contributed by atoms with van der Waals surface area (Å²) in [6.45, 7) is 5.86. The molecule has 0 aliphatic heterocycles. The summed E-state index contributed by atoms with van der Waals surface area (Å²) in [5.74, 6) is -1.41. The van der Waals surface area contributed by atoms with Gasteiger partial charge in [0.1, 0.15) is 0 Å². The molecule has 0 aromatic rings. The molecule has 0 aromatic heterocycles. The summed E-state index contributed by atoms with van der Waals surface area (Å²) in [4.78, 5) is 22.7. The first-order valence-corrected chi connectivity index (χ1v) is 7.48. The van der Waals surface area contributed by atoms with Crippen molar-refractivity contribution in [2.45, 2.75) is 59.3 Å². The fourth-order valence-electron chi connectivity index (χ4n) is 3.19. The molecule has 1 saturated carbocycles. The normalized spacial score (nSPS) is 24.4. The van der Waals surface area contributed by atoms with E-state index in [1.54, 1.807) is 6.92 Å². The van der Waals surface area contributed by atoms with E-state index in [1.165, 1.54) is 19.3 Å². The second-order valence-corrected chi connectivity index (χ2v) is 6.07. The molecule has 0 radical (unpaired) electrons. The number of rotatable bonds is 6. The summed E-state index contributed by atoms with van der Waals surface area (Å²) in [7, 11) is 0. The molecular formula is C16H26O4. The lowest BCUT2D eigenvalue weighted by Gasteiger charge is -2.30. The SMILES string of the molecule is CCC(CC=C(C)C1CCCCC1C)(C(=O)O)C(=O)O. The van der Waals surface area contributed by atoms with Gasteiger partial charge in [-0.05, 0) is 38.0 Å². The van der Waals surface area contributed by atoms with Crippen LogP contribution in [-0.4, -0.2) is 22.2 Å². The van der Waals surface area contributed by atoms with E-state index >= 15 is 0 Å². The maximum Gasteiger partial charge on any atom is 0.321 e. The molecule has 1 rings (SSSR count). The Morgan fingerprint density at radius 3 is 2.20 bits per heavy atom. The predicted octanol–water partition coefficient (Wildman–Crippen LogP) is 3.71. The van der Waals surface area contributed by atoms with Crippen LogP contribution in [0.25, 0.3) is 0 Å². The Morgan fingerprint density at radius 2 is 1.75 bits per heavy atom. The van der Waals surface area contributed by atoms with Crippen LogP contribution in [0.1, 0.15) is 59.3 Å². The molecule has 20 heavy (non-hydrogen) atoms. The number of carbonyl (C=O) groups is 2. The van der Waals surface area contributed by atoms with Crippen molar-refractivity contribution in [3.8, 4) is 0 Å². The Bertz CT molecular complexity index is 383. The minimum Gasteiger partial charge on any atom is -0.480 e. The zero-order valence-corrected chi connectivity index (χ0v) is 12.7. The third-order valence-electron chi connectivity index (χ3n) is 4.89. The van der Waals surface area contributed by atoms with Crippen molar-refractivity contribution < 1.29 is 19.8 Å². The van der Waals surface area contributed by atoms with Crippen molar-refractivity contribution in [1.29, 1.82) is 0 Å². The third kappa shape index (κ3) is 3.41. The maximum atomic E-state index is 11.3. The van der Waals surface area contributed by atoms with E-state index in [4.69, 9.17) is 0 Å². The monoisotopic (exact) mass is 282 g/mol. The van der Waals surface area contributed by atoms with Crippen molar-refractivity contribution in [2.75, 3.05) is 0 Å². The molecule has 0 aromatic carbocycles. The maximum absolute atomic E-state index is 11.3. The summed E-state index contributed by atoms with van der Waals surface area (Å²) < 4.78 is 0. The summed E-state index contributed by atoms with van der Waals surface area (Å²) in [5, 5.41) is 18.5. The highest BCUT2D eigenvalue weighted by Gasteiger charge is 2.44. The fourth-order valence-corrected chi connectivity index (χ4v) is 3.19. The summed E-state index contributed by atoms with van der Waals surface area (Å²) in [6.07, 6.45) is 6.81. The van der Waals surface area contributed by atoms with Crippen molar-refractivity contribution >= 4 is 11.9 Å². The van der Waals surface area contributed by atoms with E-state index in [0.29, 0.717) is 11.8 Å². The highest BCUT2D eigenvalue weighted by atomic mass is 16.4. The quantitative estimate of drug-likeness (QED) is 0.575. The third-order valence-corrected chi connectivity index (χ3v) is 4.89. The van der Waals surface area contributed by atoms with Crippen LogP contribution in [0.5, 0.6) is 0 Å².